The summed E-state index contributed by atoms with van der Waals surface area (Å²) in [6.07, 6.45) is 1.63. The third-order valence-corrected chi connectivity index (χ3v) is 8.71. The summed E-state index contributed by atoms with van der Waals surface area (Å²) in [6.45, 7) is 0.932. The fourth-order valence-corrected chi connectivity index (χ4v) is 5.87. The Morgan fingerprint density at radius 3 is 2.32 bits per heavy atom. The molecule has 1 fully saturated rings. The molecule has 11 heteroatoms. The maximum absolute atomic E-state index is 12.8. The molecule has 2 aromatic rings. The predicted molar refractivity (Wildman–Crippen MR) is 116 cm³/mol. The zero-order valence-corrected chi connectivity index (χ0v) is 19.2. The van der Waals surface area contributed by atoms with E-state index in [-0.39, 0.29) is 26.8 Å². The standard InChI is InChI=1S/C20H25N3O6S2/c1-22(2)31(27,28)19-14-16(9-10-18(19)29-3)21-20(24)15-7-6-8-17(13-15)30(25,26)23-11-4-5-12-23/h6-10,13-14H,4-5,11-12H2,1-3H3,(H,21,24). The number of hydrogen-bond donors (Lipinski definition) is 1. The molecule has 2 aromatic carbocycles. The molecule has 3 rings (SSSR count). The van der Waals surface area contributed by atoms with Crippen molar-refractivity contribution in [2.45, 2.75) is 22.6 Å². The van der Waals surface area contributed by atoms with Crippen molar-refractivity contribution in [1.29, 1.82) is 0 Å². The van der Waals surface area contributed by atoms with Crippen LogP contribution in [0.4, 0.5) is 5.69 Å². The molecule has 0 saturated carbocycles. The highest BCUT2D eigenvalue weighted by atomic mass is 32.2. The van der Waals surface area contributed by atoms with Crippen molar-refractivity contribution in [2.24, 2.45) is 0 Å². The molecule has 9 nitrogen and oxygen atoms in total. The molecule has 168 valence electrons. The van der Waals surface area contributed by atoms with Gasteiger partial charge in [0.25, 0.3) is 5.91 Å². The zero-order chi connectivity index (χ0) is 22.8. The Bertz CT molecular complexity index is 1190. The minimum atomic E-state index is -3.81. The molecule has 0 aromatic heterocycles. The fourth-order valence-electron chi connectivity index (χ4n) is 3.23. The van der Waals surface area contributed by atoms with Gasteiger partial charge in [-0.15, -0.1) is 0 Å². The van der Waals surface area contributed by atoms with E-state index in [2.05, 4.69) is 5.32 Å². The van der Waals surface area contributed by atoms with E-state index in [0.717, 1.165) is 17.1 Å². The fraction of sp³-hybridized carbons (Fsp3) is 0.350. The van der Waals surface area contributed by atoms with Gasteiger partial charge in [-0.25, -0.2) is 21.1 Å². The van der Waals surface area contributed by atoms with Gasteiger partial charge in [-0.1, -0.05) is 6.07 Å². The lowest BCUT2D eigenvalue weighted by Crippen LogP contribution is -2.28. The van der Waals surface area contributed by atoms with E-state index in [4.69, 9.17) is 4.74 Å². The lowest BCUT2D eigenvalue weighted by Gasteiger charge is -2.17. The number of carbonyl (C=O) groups is 1. The second kappa shape index (κ2) is 8.95. The van der Waals surface area contributed by atoms with E-state index in [0.29, 0.717) is 13.1 Å². The van der Waals surface area contributed by atoms with Crippen LogP contribution in [-0.2, 0) is 20.0 Å². The normalized spacial score (nSPS) is 15.2. The van der Waals surface area contributed by atoms with E-state index in [1.807, 2.05) is 0 Å². The highest BCUT2D eigenvalue weighted by molar-refractivity contribution is 7.89. The summed E-state index contributed by atoms with van der Waals surface area (Å²) in [6, 6.07) is 10.0. The Balaban J connectivity index is 1.89. The van der Waals surface area contributed by atoms with Crippen LogP contribution in [0.15, 0.2) is 52.3 Å². The third kappa shape index (κ3) is 4.74. The number of anilines is 1. The number of nitrogens with zero attached hydrogens (tertiary/aromatic N) is 2. The van der Waals surface area contributed by atoms with Gasteiger partial charge in [-0.2, -0.15) is 4.31 Å². The summed E-state index contributed by atoms with van der Waals surface area (Å²) >= 11 is 0. The van der Waals surface area contributed by atoms with Gasteiger partial charge in [0.2, 0.25) is 20.0 Å². The van der Waals surface area contributed by atoms with Crippen molar-refractivity contribution in [3.05, 3.63) is 48.0 Å². The molecular weight excluding hydrogens is 442 g/mol. The van der Waals surface area contributed by atoms with Gasteiger partial charge in [0.05, 0.1) is 12.0 Å². The monoisotopic (exact) mass is 467 g/mol. The van der Waals surface area contributed by atoms with Crippen molar-refractivity contribution in [2.75, 3.05) is 39.6 Å². The van der Waals surface area contributed by atoms with Crippen LogP contribution in [0.3, 0.4) is 0 Å². The lowest BCUT2D eigenvalue weighted by atomic mass is 10.2. The minimum absolute atomic E-state index is 0.0488. The average molecular weight is 468 g/mol. The number of methoxy groups -OCH3 is 1. The highest BCUT2D eigenvalue weighted by Gasteiger charge is 2.28. The molecule has 1 N–H and O–H groups in total. The molecule has 0 atom stereocenters. The summed E-state index contributed by atoms with van der Waals surface area (Å²) in [4.78, 5) is 12.7. The van der Waals surface area contributed by atoms with Crippen LogP contribution in [0.2, 0.25) is 0 Å². The predicted octanol–water partition coefficient (Wildman–Crippen LogP) is 1.98. The zero-order valence-electron chi connectivity index (χ0n) is 17.5. The Kier molecular flexibility index (Phi) is 6.70. The molecule has 0 spiro atoms. The molecule has 0 aliphatic carbocycles. The van der Waals surface area contributed by atoms with Crippen molar-refractivity contribution >= 4 is 31.6 Å². The summed E-state index contributed by atoms with van der Waals surface area (Å²) in [5, 5.41) is 2.62. The van der Waals surface area contributed by atoms with E-state index in [1.165, 1.54) is 68.0 Å². The second-order valence-corrected chi connectivity index (χ2v) is 11.3. The SMILES string of the molecule is COc1ccc(NC(=O)c2cccc(S(=O)(=O)N3CCCC3)c2)cc1S(=O)(=O)N(C)C. The number of nitrogens with one attached hydrogen (secondary N) is 1. The molecule has 1 heterocycles. The summed E-state index contributed by atoms with van der Waals surface area (Å²) in [5.41, 5.74) is 0.382. The number of ether oxygens (including phenoxy) is 1. The van der Waals surface area contributed by atoms with Crippen molar-refractivity contribution in [3.8, 4) is 5.75 Å². The first-order valence-electron chi connectivity index (χ1n) is 9.59. The van der Waals surface area contributed by atoms with Gasteiger partial charge in [-0.3, -0.25) is 4.79 Å². The molecule has 31 heavy (non-hydrogen) atoms. The number of carbonyl (C=O) groups excluding carboxylic acids is 1. The van der Waals surface area contributed by atoms with Gasteiger partial charge in [-0.05, 0) is 49.2 Å². The van der Waals surface area contributed by atoms with Gasteiger partial charge in [0, 0.05) is 38.4 Å². The van der Waals surface area contributed by atoms with Crippen LogP contribution in [0.5, 0.6) is 5.75 Å². The molecule has 0 radical (unpaired) electrons. The van der Waals surface area contributed by atoms with Gasteiger partial charge in [0.1, 0.15) is 10.6 Å². The van der Waals surface area contributed by atoms with Crippen molar-refractivity contribution in [1.82, 2.24) is 8.61 Å². The summed E-state index contributed by atoms with van der Waals surface area (Å²) in [5.74, 6) is -0.415. The van der Waals surface area contributed by atoms with Crippen molar-refractivity contribution in [3.63, 3.8) is 0 Å². The van der Waals surface area contributed by atoms with Crippen LogP contribution in [-0.4, -0.2) is 65.6 Å². The van der Waals surface area contributed by atoms with Gasteiger partial charge < -0.3 is 10.1 Å². The van der Waals surface area contributed by atoms with E-state index >= 15 is 0 Å². The van der Waals surface area contributed by atoms with Crippen LogP contribution in [0.25, 0.3) is 0 Å². The molecule has 0 unspecified atom stereocenters. The quantitative estimate of drug-likeness (QED) is 0.666. The summed E-state index contributed by atoms with van der Waals surface area (Å²) in [7, 11) is -3.32. The smallest absolute Gasteiger partial charge is 0.255 e. The number of amides is 1. The Hall–Kier alpha value is -2.47. The first-order valence-corrected chi connectivity index (χ1v) is 12.5. The molecule has 1 saturated heterocycles. The molecule has 0 bridgehead atoms. The van der Waals surface area contributed by atoms with E-state index in [1.54, 1.807) is 0 Å². The maximum Gasteiger partial charge on any atom is 0.255 e. The van der Waals surface area contributed by atoms with E-state index in [9.17, 15) is 21.6 Å². The Morgan fingerprint density at radius 1 is 1.03 bits per heavy atom. The maximum atomic E-state index is 12.8. The van der Waals surface area contributed by atoms with Gasteiger partial charge >= 0.3 is 0 Å². The minimum Gasteiger partial charge on any atom is -0.495 e. The van der Waals surface area contributed by atoms with Crippen molar-refractivity contribution < 1.29 is 26.4 Å². The highest BCUT2D eigenvalue weighted by Crippen LogP contribution is 2.29. The molecule has 1 aliphatic heterocycles. The first-order chi connectivity index (χ1) is 14.6. The number of sulfonamides is 2. The third-order valence-electron chi connectivity index (χ3n) is 4.98. The topological polar surface area (TPSA) is 113 Å². The molecule has 1 amide bonds. The Labute approximate surface area is 182 Å². The number of hydrogen-bond acceptors (Lipinski definition) is 6. The first kappa shape index (κ1) is 23.2. The lowest BCUT2D eigenvalue weighted by molar-refractivity contribution is 0.102. The van der Waals surface area contributed by atoms with Crippen LogP contribution in [0.1, 0.15) is 23.2 Å². The largest absolute Gasteiger partial charge is 0.495 e. The van der Waals surface area contributed by atoms with E-state index < -0.39 is 26.0 Å². The van der Waals surface area contributed by atoms with Gasteiger partial charge in [0.15, 0.2) is 0 Å². The van der Waals surface area contributed by atoms with Crippen LogP contribution < -0.4 is 10.1 Å². The molecule has 1 aliphatic rings. The average Bonchev–Trinajstić information content (AvgIpc) is 3.29. The van der Waals surface area contributed by atoms with Crippen LogP contribution >= 0.6 is 0 Å². The number of benzene rings is 2. The Morgan fingerprint density at radius 2 is 1.71 bits per heavy atom. The van der Waals surface area contributed by atoms with Crippen LogP contribution in [0, 0.1) is 0 Å². The number of rotatable bonds is 7. The summed E-state index contributed by atoms with van der Waals surface area (Å²) < 4.78 is 58.2. The molecular formula is C20H25N3O6S2. The second-order valence-electron chi connectivity index (χ2n) is 7.25.